The average Bonchev–Trinajstić information content (AvgIpc) is 3.19. The number of nitrogens with zero attached hydrogens (tertiary/aromatic N) is 2. The van der Waals surface area contributed by atoms with Crippen molar-refractivity contribution in [1.29, 1.82) is 0 Å². The normalized spacial score (nSPS) is 21.6. The minimum atomic E-state index is -0.750. The molecule has 0 saturated heterocycles. The van der Waals surface area contributed by atoms with Crippen LogP contribution in [0.5, 0.6) is 0 Å². The first kappa shape index (κ1) is 22.4. The monoisotopic (exact) mass is 433 g/mol. The highest BCUT2D eigenvalue weighted by molar-refractivity contribution is 5.56. The Morgan fingerprint density at radius 1 is 1.12 bits per heavy atom. The number of hydrogen-bond acceptors (Lipinski definition) is 3. The molecule has 0 bridgehead atoms. The van der Waals surface area contributed by atoms with Gasteiger partial charge in [-0.05, 0) is 99.4 Å². The molecule has 4 nitrogen and oxygen atoms in total. The molecule has 4 rings (SSSR count). The number of halogens is 1. The number of aryl methyl sites for hydroxylation is 2. The summed E-state index contributed by atoms with van der Waals surface area (Å²) < 4.78 is 15.2. The summed E-state index contributed by atoms with van der Waals surface area (Å²) in [7, 11) is 0. The van der Waals surface area contributed by atoms with Crippen LogP contribution >= 0.6 is 0 Å². The van der Waals surface area contributed by atoms with E-state index in [-0.39, 0.29) is 11.9 Å². The zero-order valence-electron chi connectivity index (χ0n) is 18.9. The fourth-order valence-electron chi connectivity index (χ4n) is 4.58. The molecule has 0 spiro atoms. The Morgan fingerprint density at radius 2 is 1.84 bits per heavy atom. The predicted molar refractivity (Wildman–Crippen MR) is 127 cm³/mol. The molecule has 1 heterocycles. The largest absolute Gasteiger partial charge is 0.390 e. The zero-order valence-corrected chi connectivity index (χ0v) is 18.9. The van der Waals surface area contributed by atoms with Crippen molar-refractivity contribution in [1.82, 2.24) is 9.78 Å². The summed E-state index contributed by atoms with van der Waals surface area (Å²) in [4.78, 5) is 0. The summed E-state index contributed by atoms with van der Waals surface area (Å²) in [6.45, 7) is 4.10. The van der Waals surface area contributed by atoms with Crippen LogP contribution in [0.1, 0.15) is 68.0 Å². The van der Waals surface area contributed by atoms with Gasteiger partial charge in [0.2, 0.25) is 0 Å². The maximum absolute atomic E-state index is 13.4. The number of aliphatic hydroxyl groups is 1. The van der Waals surface area contributed by atoms with Crippen molar-refractivity contribution in [3.63, 3.8) is 0 Å². The fourth-order valence-corrected chi connectivity index (χ4v) is 4.58. The molecule has 32 heavy (non-hydrogen) atoms. The third-order valence-corrected chi connectivity index (χ3v) is 6.59. The molecule has 1 unspecified atom stereocenters. The van der Waals surface area contributed by atoms with Gasteiger partial charge in [-0.2, -0.15) is 5.10 Å². The summed E-state index contributed by atoms with van der Waals surface area (Å²) in [5, 5.41) is 16.1. The van der Waals surface area contributed by atoms with Gasteiger partial charge in [0.05, 0.1) is 23.2 Å². The van der Waals surface area contributed by atoms with Crippen molar-refractivity contribution in [2.45, 2.75) is 64.0 Å². The van der Waals surface area contributed by atoms with Crippen LogP contribution in [0.2, 0.25) is 0 Å². The third-order valence-electron chi connectivity index (χ3n) is 6.59. The first-order chi connectivity index (χ1) is 15.3. The zero-order chi connectivity index (χ0) is 22.7. The molecule has 0 radical (unpaired) electrons. The first-order valence-corrected chi connectivity index (χ1v) is 11.4. The Balaban J connectivity index is 1.56. The molecular weight excluding hydrogens is 401 g/mol. The molecule has 3 aromatic rings. The summed E-state index contributed by atoms with van der Waals surface area (Å²) in [5.41, 5.74) is 11.9. The van der Waals surface area contributed by atoms with Gasteiger partial charge in [-0.3, -0.25) is 0 Å². The first-order valence-electron chi connectivity index (χ1n) is 11.4. The smallest absolute Gasteiger partial charge is 0.123 e. The van der Waals surface area contributed by atoms with Gasteiger partial charge in [0.25, 0.3) is 0 Å². The number of rotatable bonds is 5. The number of aromatic nitrogens is 2. The van der Waals surface area contributed by atoms with Crippen molar-refractivity contribution in [2.75, 3.05) is 0 Å². The van der Waals surface area contributed by atoms with Crippen LogP contribution in [0.25, 0.3) is 11.8 Å². The standard InChI is InChI=1S/C27H32FN3O/c1-19-11-14-27(32,15-12-21-5-3-4-6-25(21)20(2)29)16-13-22-18-30-31(26(22)17-19)24-9-7-23(28)8-10-24/h3-10,17-18,20,32H,11-16,29H2,1-2H3/b19-17+/t20-,27?/m1/s1. The minimum Gasteiger partial charge on any atom is -0.390 e. The van der Waals surface area contributed by atoms with Gasteiger partial charge in [0.15, 0.2) is 0 Å². The van der Waals surface area contributed by atoms with E-state index in [1.165, 1.54) is 23.3 Å². The third kappa shape index (κ3) is 5.00. The highest BCUT2D eigenvalue weighted by Gasteiger charge is 2.29. The molecule has 2 atom stereocenters. The van der Waals surface area contributed by atoms with Crippen LogP contribution in [0, 0.1) is 5.82 Å². The van der Waals surface area contributed by atoms with E-state index in [0.29, 0.717) is 12.8 Å². The lowest BCUT2D eigenvalue weighted by Gasteiger charge is -2.29. The van der Waals surface area contributed by atoms with Crippen molar-refractivity contribution < 1.29 is 9.50 Å². The average molecular weight is 434 g/mol. The molecule has 2 aromatic carbocycles. The van der Waals surface area contributed by atoms with Gasteiger partial charge in [0, 0.05) is 6.04 Å². The van der Waals surface area contributed by atoms with Crippen LogP contribution in [0.4, 0.5) is 4.39 Å². The van der Waals surface area contributed by atoms with Gasteiger partial charge in [-0.1, -0.05) is 29.8 Å². The molecule has 1 aliphatic carbocycles. The molecular formula is C27H32FN3O. The minimum absolute atomic E-state index is 0.0218. The number of hydrogen-bond donors (Lipinski definition) is 2. The molecule has 168 valence electrons. The second kappa shape index (κ2) is 9.39. The molecule has 0 amide bonds. The van der Waals surface area contributed by atoms with Crippen molar-refractivity contribution >= 4 is 6.08 Å². The van der Waals surface area contributed by atoms with Gasteiger partial charge in [0.1, 0.15) is 5.82 Å². The summed E-state index contributed by atoms with van der Waals surface area (Å²) in [5.74, 6) is -0.261. The Bertz CT molecular complexity index is 1100. The Morgan fingerprint density at radius 3 is 2.59 bits per heavy atom. The van der Waals surface area contributed by atoms with E-state index in [1.807, 2.05) is 29.9 Å². The SMILES string of the molecule is C/C1=C\c2c(cnn2-c2ccc(F)cc2)CCC(O)(CCc2ccccc2[C@@H](C)N)CC1. The molecule has 1 aromatic heterocycles. The van der Waals surface area contributed by atoms with Gasteiger partial charge >= 0.3 is 0 Å². The van der Waals surface area contributed by atoms with E-state index in [1.54, 1.807) is 12.1 Å². The van der Waals surface area contributed by atoms with Gasteiger partial charge < -0.3 is 10.8 Å². The highest BCUT2D eigenvalue weighted by atomic mass is 19.1. The Hall–Kier alpha value is -2.76. The van der Waals surface area contributed by atoms with Gasteiger partial charge in [-0.25, -0.2) is 9.07 Å². The molecule has 0 aliphatic heterocycles. The number of nitrogens with two attached hydrogens (primary N) is 1. The van der Waals surface area contributed by atoms with E-state index in [0.717, 1.165) is 48.2 Å². The second-order valence-corrected chi connectivity index (χ2v) is 9.15. The van der Waals surface area contributed by atoms with Gasteiger partial charge in [-0.15, -0.1) is 0 Å². The topological polar surface area (TPSA) is 64.1 Å². The van der Waals surface area contributed by atoms with E-state index in [2.05, 4.69) is 30.2 Å². The van der Waals surface area contributed by atoms with Crippen molar-refractivity contribution in [3.8, 4) is 5.69 Å². The number of fused-ring (bicyclic) bond motifs is 1. The van der Waals surface area contributed by atoms with Crippen LogP contribution in [-0.4, -0.2) is 20.5 Å². The van der Waals surface area contributed by atoms with Crippen LogP contribution in [0.15, 0.2) is 60.3 Å². The maximum atomic E-state index is 13.4. The Kier molecular flexibility index (Phi) is 6.58. The summed E-state index contributed by atoms with van der Waals surface area (Å²) in [6, 6.07) is 14.6. The fraction of sp³-hybridized carbons (Fsp3) is 0.370. The van der Waals surface area contributed by atoms with Crippen LogP contribution in [0.3, 0.4) is 0 Å². The van der Waals surface area contributed by atoms with E-state index < -0.39 is 5.60 Å². The lowest BCUT2D eigenvalue weighted by atomic mass is 9.84. The lowest BCUT2D eigenvalue weighted by molar-refractivity contribution is 0.0152. The van der Waals surface area contributed by atoms with E-state index in [4.69, 9.17) is 5.73 Å². The predicted octanol–water partition coefficient (Wildman–Crippen LogP) is 5.52. The van der Waals surface area contributed by atoms with Crippen LogP contribution in [-0.2, 0) is 12.8 Å². The summed E-state index contributed by atoms with van der Waals surface area (Å²) >= 11 is 0. The highest BCUT2D eigenvalue weighted by Crippen LogP contribution is 2.32. The van der Waals surface area contributed by atoms with E-state index in [9.17, 15) is 9.50 Å². The molecule has 0 saturated carbocycles. The summed E-state index contributed by atoms with van der Waals surface area (Å²) in [6.07, 6.45) is 8.50. The van der Waals surface area contributed by atoms with Crippen molar-refractivity contribution in [2.24, 2.45) is 5.73 Å². The van der Waals surface area contributed by atoms with Crippen LogP contribution < -0.4 is 5.73 Å². The maximum Gasteiger partial charge on any atom is 0.123 e. The lowest BCUT2D eigenvalue weighted by Crippen LogP contribution is -2.30. The molecule has 5 heteroatoms. The number of benzene rings is 2. The van der Waals surface area contributed by atoms with E-state index >= 15 is 0 Å². The second-order valence-electron chi connectivity index (χ2n) is 9.15. The molecule has 0 fully saturated rings. The van der Waals surface area contributed by atoms with Crippen molar-refractivity contribution in [3.05, 3.63) is 88.5 Å². The molecule has 1 aliphatic rings. The number of allylic oxidation sites excluding steroid dienone is 1. The quantitative estimate of drug-likeness (QED) is 0.556. The Labute approximate surface area is 189 Å². The molecule has 3 N–H and O–H groups in total.